The van der Waals surface area contributed by atoms with E-state index in [1.54, 1.807) is 24.3 Å². The SMILES string of the molecule is N[C@@H](Cc1ccc(O)cc1)C(=O)N1CCN(Cc2ccccc2)CC1. The highest BCUT2D eigenvalue weighted by Crippen LogP contribution is 2.13. The van der Waals surface area contributed by atoms with Crippen LogP contribution in [-0.2, 0) is 17.8 Å². The van der Waals surface area contributed by atoms with Gasteiger partial charge in [0, 0.05) is 32.7 Å². The molecule has 0 bridgehead atoms. The summed E-state index contributed by atoms with van der Waals surface area (Å²) in [6, 6.07) is 16.7. The van der Waals surface area contributed by atoms with E-state index in [9.17, 15) is 9.90 Å². The van der Waals surface area contributed by atoms with Gasteiger partial charge < -0.3 is 15.7 Å². The molecule has 1 heterocycles. The van der Waals surface area contributed by atoms with Gasteiger partial charge in [-0.25, -0.2) is 0 Å². The Bertz CT molecular complexity index is 680. The molecule has 1 aliphatic rings. The first kappa shape index (κ1) is 17.5. The van der Waals surface area contributed by atoms with Crippen molar-refractivity contribution in [1.29, 1.82) is 0 Å². The molecule has 1 amide bonds. The Morgan fingerprint density at radius 1 is 0.960 bits per heavy atom. The van der Waals surface area contributed by atoms with E-state index in [4.69, 9.17) is 5.73 Å². The molecule has 1 fully saturated rings. The van der Waals surface area contributed by atoms with Crippen LogP contribution >= 0.6 is 0 Å². The van der Waals surface area contributed by atoms with Gasteiger partial charge in [-0.15, -0.1) is 0 Å². The third-order valence-electron chi connectivity index (χ3n) is 4.64. The van der Waals surface area contributed by atoms with Crippen molar-refractivity contribution in [1.82, 2.24) is 9.80 Å². The molecular formula is C20H25N3O2. The predicted molar refractivity (Wildman–Crippen MR) is 98.1 cm³/mol. The molecule has 0 aromatic heterocycles. The molecular weight excluding hydrogens is 314 g/mol. The number of carbonyl (C=O) groups is 1. The van der Waals surface area contributed by atoms with E-state index in [2.05, 4.69) is 29.2 Å². The number of piperazine rings is 1. The second kappa shape index (κ2) is 8.14. The van der Waals surface area contributed by atoms with E-state index >= 15 is 0 Å². The Kier molecular flexibility index (Phi) is 5.68. The highest BCUT2D eigenvalue weighted by molar-refractivity contribution is 5.82. The Labute approximate surface area is 148 Å². The van der Waals surface area contributed by atoms with Crippen LogP contribution in [0.5, 0.6) is 5.75 Å². The number of nitrogens with zero attached hydrogens (tertiary/aromatic N) is 2. The number of phenolic OH excluding ortho intramolecular Hbond substituents is 1. The Morgan fingerprint density at radius 2 is 1.60 bits per heavy atom. The first-order valence-electron chi connectivity index (χ1n) is 8.70. The molecule has 0 spiro atoms. The number of nitrogens with two attached hydrogens (primary N) is 1. The van der Waals surface area contributed by atoms with E-state index in [0.717, 1.165) is 38.3 Å². The molecule has 0 radical (unpaired) electrons. The molecule has 2 aromatic rings. The summed E-state index contributed by atoms with van der Waals surface area (Å²) in [7, 11) is 0. The number of hydrogen-bond donors (Lipinski definition) is 2. The van der Waals surface area contributed by atoms with Crippen LogP contribution in [0.4, 0.5) is 0 Å². The lowest BCUT2D eigenvalue weighted by molar-refractivity contribution is -0.134. The zero-order chi connectivity index (χ0) is 17.6. The standard InChI is InChI=1S/C20H25N3O2/c21-19(14-16-6-8-18(24)9-7-16)20(25)23-12-10-22(11-13-23)15-17-4-2-1-3-5-17/h1-9,19,24H,10-15,21H2/t19-/m0/s1. The second-order valence-electron chi connectivity index (χ2n) is 6.56. The Hall–Kier alpha value is -2.37. The lowest BCUT2D eigenvalue weighted by Gasteiger charge is -2.36. The summed E-state index contributed by atoms with van der Waals surface area (Å²) in [4.78, 5) is 16.8. The molecule has 5 heteroatoms. The van der Waals surface area contributed by atoms with E-state index in [-0.39, 0.29) is 11.7 Å². The van der Waals surface area contributed by atoms with Crippen molar-refractivity contribution in [2.45, 2.75) is 19.0 Å². The average molecular weight is 339 g/mol. The summed E-state index contributed by atoms with van der Waals surface area (Å²) >= 11 is 0. The zero-order valence-corrected chi connectivity index (χ0v) is 14.3. The number of amides is 1. The van der Waals surface area contributed by atoms with Gasteiger partial charge in [0.25, 0.3) is 0 Å². The minimum absolute atomic E-state index is 0.00689. The molecule has 0 saturated carbocycles. The normalized spacial score (nSPS) is 16.6. The topological polar surface area (TPSA) is 69.8 Å². The zero-order valence-electron chi connectivity index (χ0n) is 14.3. The van der Waals surface area contributed by atoms with Gasteiger partial charge in [-0.05, 0) is 29.7 Å². The third kappa shape index (κ3) is 4.81. The van der Waals surface area contributed by atoms with E-state index in [1.165, 1.54) is 5.56 Å². The maximum Gasteiger partial charge on any atom is 0.239 e. The van der Waals surface area contributed by atoms with Gasteiger partial charge in [-0.1, -0.05) is 42.5 Å². The van der Waals surface area contributed by atoms with Gasteiger partial charge in [0.1, 0.15) is 5.75 Å². The Balaban J connectivity index is 1.48. The maximum absolute atomic E-state index is 12.6. The van der Waals surface area contributed by atoms with Crippen molar-refractivity contribution in [3.05, 3.63) is 65.7 Å². The van der Waals surface area contributed by atoms with Crippen LogP contribution < -0.4 is 5.73 Å². The van der Waals surface area contributed by atoms with Gasteiger partial charge in [0.2, 0.25) is 5.91 Å². The molecule has 132 valence electrons. The van der Waals surface area contributed by atoms with E-state index in [0.29, 0.717) is 6.42 Å². The number of aromatic hydroxyl groups is 1. The fourth-order valence-corrected chi connectivity index (χ4v) is 3.18. The largest absolute Gasteiger partial charge is 0.508 e. The van der Waals surface area contributed by atoms with Crippen molar-refractivity contribution >= 4 is 5.91 Å². The molecule has 3 N–H and O–H groups in total. The highest BCUT2D eigenvalue weighted by Gasteiger charge is 2.25. The number of benzene rings is 2. The molecule has 1 saturated heterocycles. The lowest BCUT2D eigenvalue weighted by Crippen LogP contribution is -2.53. The number of hydrogen-bond acceptors (Lipinski definition) is 4. The fourth-order valence-electron chi connectivity index (χ4n) is 3.18. The molecule has 5 nitrogen and oxygen atoms in total. The van der Waals surface area contributed by atoms with Crippen LogP contribution in [0.25, 0.3) is 0 Å². The third-order valence-corrected chi connectivity index (χ3v) is 4.64. The minimum Gasteiger partial charge on any atom is -0.508 e. The molecule has 1 aliphatic heterocycles. The number of rotatable bonds is 5. The molecule has 25 heavy (non-hydrogen) atoms. The van der Waals surface area contributed by atoms with Crippen LogP contribution in [0.3, 0.4) is 0 Å². The molecule has 0 unspecified atom stereocenters. The molecule has 2 aromatic carbocycles. The van der Waals surface area contributed by atoms with Crippen molar-refractivity contribution in [2.75, 3.05) is 26.2 Å². The van der Waals surface area contributed by atoms with Crippen LogP contribution in [0.15, 0.2) is 54.6 Å². The van der Waals surface area contributed by atoms with Gasteiger partial charge in [0.05, 0.1) is 6.04 Å². The van der Waals surface area contributed by atoms with E-state index in [1.807, 2.05) is 11.0 Å². The summed E-state index contributed by atoms with van der Waals surface area (Å²) < 4.78 is 0. The number of phenols is 1. The molecule has 3 rings (SSSR count). The van der Waals surface area contributed by atoms with Crippen LogP contribution in [0, 0.1) is 0 Å². The summed E-state index contributed by atoms with van der Waals surface area (Å²) in [5.74, 6) is 0.227. The summed E-state index contributed by atoms with van der Waals surface area (Å²) in [5, 5.41) is 9.32. The van der Waals surface area contributed by atoms with Crippen molar-refractivity contribution < 1.29 is 9.90 Å². The minimum atomic E-state index is -0.537. The smallest absolute Gasteiger partial charge is 0.239 e. The lowest BCUT2D eigenvalue weighted by atomic mass is 10.0. The van der Waals surface area contributed by atoms with Gasteiger partial charge in [-0.2, -0.15) is 0 Å². The van der Waals surface area contributed by atoms with Crippen molar-refractivity contribution in [3.8, 4) is 5.75 Å². The second-order valence-corrected chi connectivity index (χ2v) is 6.56. The summed E-state index contributed by atoms with van der Waals surface area (Å²) in [6.45, 7) is 4.09. The van der Waals surface area contributed by atoms with Crippen LogP contribution in [0.1, 0.15) is 11.1 Å². The molecule has 1 atom stereocenters. The quantitative estimate of drug-likeness (QED) is 0.868. The molecule has 0 aliphatic carbocycles. The first-order valence-corrected chi connectivity index (χ1v) is 8.70. The maximum atomic E-state index is 12.6. The van der Waals surface area contributed by atoms with Gasteiger partial charge in [-0.3, -0.25) is 9.69 Å². The average Bonchev–Trinajstić information content (AvgIpc) is 2.64. The van der Waals surface area contributed by atoms with Crippen molar-refractivity contribution in [2.24, 2.45) is 5.73 Å². The number of carbonyl (C=O) groups excluding carboxylic acids is 1. The van der Waals surface area contributed by atoms with Gasteiger partial charge in [0.15, 0.2) is 0 Å². The van der Waals surface area contributed by atoms with Crippen molar-refractivity contribution in [3.63, 3.8) is 0 Å². The summed E-state index contributed by atoms with van der Waals surface area (Å²) in [5.41, 5.74) is 8.37. The summed E-state index contributed by atoms with van der Waals surface area (Å²) in [6.07, 6.45) is 0.489. The fraction of sp³-hybridized carbons (Fsp3) is 0.350. The first-order chi connectivity index (χ1) is 12.1. The van der Waals surface area contributed by atoms with Crippen LogP contribution in [-0.4, -0.2) is 53.0 Å². The van der Waals surface area contributed by atoms with Gasteiger partial charge >= 0.3 is 0 Å². The highest BCUT2D eigenvalue weighted by atomic mass is 16.3. The predicted octanol–water partition coefficient (Wildman–Crippen LogP) is 1.61. The monoisotopic (exact) mass is 339 g/mol. The Morgan fingerprint density at radius 3 is 2.24 bits per heavy atom. The van der Waals surface area contributed by atoms with Crippen LogP contribution in [0.2, 0.25) is 0 Å². The van der Waals surface area contributed by atoms with E-state index < -0.39 is 6.04 Å².